The topological polar surface area (TPSA) is 83.8 Å². The van der Waals surface area contributed by atoms with Gasteiger partial charge in [-0.1, -0.05) is 89.7 Å². The van der Waals surface area contributed by atoms with Crippen LogP contribution in [0.25, 0.3) is 0 Å². The molecular weight excluding hydrogens is 440 g/mol. The minimum Gasteiger partial charge on any atom is -0.493 e. The Morgan fingerprint density at radius 1 is 0.657 bits per heavy atom. The van der Waals surface area contributed by atoms with Gasteiger partial charge in [-0.3, -0.25) is 9.59 Å². The standard InChI is InChI=1S/C30H50O5/c1-2-3-4-5-12-17-25-35-28-22-18-20-26(19-13-8-6-10-15-23-29(31)32)27(28)21-14-9-7-11-16-24-30(33)34/h18,20,22H,2-17,19,21,23-25H2,1H3,(H,31,32)(H,33,34). The molecule has 0 aliphatic heterocycles. The molecule has 0 saturated heterocycles. The molecule has 200 valence electrons. The Kier molecular flexibility index (Phi) is 18.8. The van der Waals surface area contributed by atoms with Crippen LogP contribution in [0.5, 0.6) is 5.75 Å². The van der Waals surface area contributed by atoms with Gasteiger partial charge < -0.3 is 14.9 Å². The summed E-state index contributed by atoms with van der Waals surface area (Å²) in [5, 5.41) is 17.5. The lowest BCUT2D eigenvalue weighted by atomic mass is 9.95. The monoisotopic (exact) mass is 490 g/mol. The summed E-state index contributed by atoms with van der Waals surface area (Å²) in [5.74, 6) is -0.356. The summed E-state index contributed by atoms with van der Waals surface area (Å²) in [5.41, 5.74) is 2.75. The Labute approximate surface area is 213 Å². The van der Waals surface area contributed by atoms with Crippen molar-refractivity contribution in [1.29, 1.82) is 0 Å². The average molecular weight is 491 g/mol. The third kappa shape index (κ3) is 17.1. The Morgan fingerprint density at radius 2 is 1.17 bits per heavy atom. The third-order valence-electron chi connectivity index (χ3n) is 6.64. The Bertz CT molecular complexity index is 685. The molecule has 0 spiro atoms. The van der Waals surface area contributed by atoms with E-state index < -0.39 is 11.9 Å². The zero-order chi connectivity index (χ0) is 25.6. The van der Waals surface area contributed by atoms with Crippen molar-refractivity contribution >= 4 is 11.9 Å². The summed E-state index contributed by atoms with van der Waals surface area (Å²) in [6.07, 6.45) is 20.3. The molecule has 35 heavy (non-hydrogen) atoms. The van der Waals surface area contributed by atoms with E-state index in [1.807, 2.05) is 0 Å². The molecule has 0 saturated carbocycles. The highest BCUT2D eigenvalue weighted by atomic mass is 16.5. The Balaban J connectivity index is 2.52. The normalized spacial score (nSPS) is 11.0. The molecular formula is C30H50O5. The second kappa shape index (κ2) is 21.3. The van der Waals surface area contributed by atoms with Gasteiger partial charge in [0.25, 0.3) is 0 Å². The summed E-state index contributed by atoms with van der Waals surface area (Å²) in [6, 6.07) is 6.48. The largest absolute Gasteiger partial charge is 0.493 e. The summed E-state index contributed by atoms with van der Waals surface area (Å²) >= 11 is 0. The molecule has 0 atom stereocenters. The zero-order valence-corrected chi connectivity index (χ0v) is 22.2. The average Bonchev–Trinajstić information content (AvgIpc) is 2.82. The first-order valence-corrected chi connectivity index (χ1v) is 14.2. The Morgan fingerprint density at radius 3 is 1.77 bits per heavy atom. The molecule has 0 radical (unpaired) electrons. The van der Waals surface area contributed by atoms with E-state index in [1.165, 1.54) is 43.2 Å². The number of unbranched alkanes of at least 4 members (excludes halogenated alkanes) is 13. The van der Waals surface area contributed by atoms with Gasteiger partial charge in [-0.2, -0.15) is 0 Å². The van der Waals surface area contributed by atoms with Crippen LogP contribution < -0.4 is 4.74 Å². The number of carboxylic acids is 2. The van der Waals surface area contributed by atoms with Gasteiger partial charge in [-0.05, 0) is 62.1 Å². The van der Waals surface area contributed by atoms with Crippen LogP contribution in [0.3, 0.4) is 0 Å². The molecule has 0 fully saturated rings. The molecule has 5 nitrogen and oxygen atoms in total. The smallest absolute Gasteiger partial charge is 0.303 e. The van der Waals surface area contributed by atoms with Crippen molar-refractivity contribution in [3.63, 3.8) is 0 Å². The SMILES string of the molecule is CCCCCCCCOc1cccc(CCCCCCCC(=O)O)c1CCCCCCCC(=O)O. The highest BCUT2D eigenvalue weighted by molar-refractivity contribution is 5.66. The molecule has 0 heterocycles. The highest BCUT2D eigenvalue weighted by Gasteiger charge is 2.10. The van der Waals surface area contributed by atoms with E-state index in [4.69, 9.17) is 14.9 Å². The second-order valence-electron chi connectivity index (χ2n) is 9.83. The quantitative estimate of drug-likeness (QED) is 0.142. The van der Waals surface area contributed by atoms with Gasteiger partial charge in [0, 0.05) is 12.8 Å². The lowest BCUT2D eigenvalue weighted by Crippen LogP contribution is -2.04. The van der Waals surface area contributed by atoms with Gasteiger partial charge in [-0.15, -0.1) is 0 Å². The van der Waals surface area contributed by atoms with E-state index in [-0.39, 0.29) is 12.8 Å². The van der Waals surface area contributed by atoms with E-state index in [1.54, 1.807) is 0 Å². The van der Waals surface area contributed by atoms with Crippen molar-refractivity contribution in [3.8, 4) is 5.75 Å². The molecule has 5 heteroatoms. The number of ether oxygens (including phenoxy) is 1. The maximum absolute atomic E-state index is 10.7. The van der Waals surface area contributed by atoms with Crippen LogP contribution in [0.15, 0.2) is 18.2 Å². The fourth-order valence-corrected chi connectivity index (χ4v) is 4.56. The number of aliphatic carboxylic acids is 2. The predicted octanol–water partition coefficient (Wildman–Crippen LogP) is 8.36. The van der Waals surface area contributed by atoms with E-state index in [9.17, 15) is 9.59 Å². The number of hydrogen-bond donors (Lipinski definition) is 2. The van der Waals surface area contributed by atoms with Gasteiger partial charge >= 0.3 is 11.9 Å². The molecule has 0 aromatic heterocycles. The molecule has 0 aliphatic carbocycles. The van der Waals surface area contributed by atoms with Crippen molar-refractivity contribution in [2.24, 2.45) is 0 Å². The second-order valence-corrected chi connectivity index (χ2v) is 9.83. The lowest BCUT2D eigenvalue weighted by Gasteiger charge is -2.16. The van der Waals surface area contributed by atoms with Crippen LogP contribution in [0.4, 0.5) is 0 Å². The molecule has 1 rings (SSSR count). The summed E-state index contributed by atoms with van der Waals surface area (Å²) in [4.78, 5) is 21.3. The van der Waals surface area contributed by atoms with Gasteiger partial charge in [-0.25, -0.2) is 0 Å². The van der Waals surface area contributed by atoms with Crippen molar-refractivity contribution in [3.05, 3.63) is 29.3 Å². The molecule has 0 bridgehead atoms. The number of rotatable bonds is 24. The summed E-state index contributed by atoms with van der Waals surface area (Å²) in [6.45, 7) is 3.02. The maximum Gasteiger partial charge on any atom is 0.303 e. The number of hydrogen-bond acceptors (Lipinski definition) is 3. The van der Waals surface area contributed by atoms with Gasteiger partial charge in [0.2, 0.25) is 0 Å². The van der Waals surface area contributed by atoms with Gasteiger partial charge in [0.05, 0.1) is 6.61 Å². The third-order valence-corrected chi connectivity index (χ3v) is 6.64. The minimum absolute atomic E-state index is 0.273. The lowest BCUT2D eigenvalue weighted by molar-refractivity contribution is -0.138. The van der Waals surface area contributed by atoms with Gasteiger partial charge in [0.15, 0.2) is 0 Å². The van der Waals surface area contributed by atoms with Crippen LogP contribution in [0, 0.1) is 0 Å². The van der Waals surface area contributed by atoms with Crippen LogP contribution in [0.1, 0.15) is 134 Å². The first-order valence-electron chi connectivity index (χ1n) is 14.2. The fraction of sp³-hybridized carbons (Fsp3) is 0.733. The van der Waals surface area contributed by atoms with Crippen LogP contribution in [-0.2, 0) is 22.4 Å². The van der Waals surface area contributed by atoms with Crippen LogP contribution in [-0.4, -0.2) is 28.8 Å². The molecule has 1 aromatic carbocycles. The van der Waals surface area contributed by atoms with Gasteiger partial charge in [0.1, 0.15) is 5.75 Å². The minimum atomic E-state index is -0.701. The van der Waals surface area contributed by atoms with Crippen molar-refractivity contribution in [1.82, 2.24) is 0 Å². The van der Waals surface area contributed by atoms with E-state index >= 15 is 0 Å². The van der Waals surface area contributed by atoms with Crippen LogP contribution in [0.2, 0.25) is 0 Å². The Hall–Kier alpha value is -2.04. The molecule has 0 amide bonds. The van der Waals surface area contributed by atoms with Crippen molar-refractivity contribution < 1.29 is 24.5 Å². The number of carboxylic acid groups (broad SMARTS) is 2. The van der Waals surface area contributed by atoms with E-state index in [2.05, 4.69) is 25.1 Å². The summed E-state index contributed by atoms with van der Waals surface area (Å²) < 4.78 is 6.27. The fourth-order valence-electron chi connectivity index (χ4n) is 4.56. The number of aryl methyl sites for hydroxylation is 1. The molecule has 0 aliphatic rings. The molecule has 2 N–H and O–H groups in total. The molecule has 0 unspecified atom stereocenters. The highest BCUT2D eigenvalue weighted by Crippen LogP contribution is 2.27. The van der Waals surface area contributed by atoms with E-state index in [0.717, 1.165) is 95.8 Å². The maximum atomic E-state index is 10.7. The van der Waals surface area contributed by atoms with E-state index in [0.29, 0.717) is 0 Å². The zero-order valence-electron chi connectivity index (χ0n) is 22.2. The number of carbonyl (C=O) groups is 2. The predicted molar refractivity (Wildman–Crippen MR) is 143 cm³/mol. The number of benzene rings is 1. The van der Waals surface area contributed by atoms with Crippen LogP contribution >= 0.6 is 0 Å². The van der Waals surface area contributed by atoms with Crippen molar-refractivity contribution in [2.75, 3.05) is 6.61 Å². The van der Waals surface area contributed by atoms with Crippen molar-refractivity contribution in [2.45, 2.75) is 135 Å². The first kappa shape index (κ1) is 31.0. The summed E-state index contributed by atoms with van der Waals surface area (Å²) in [7, 11) is 0. The molecule has 1 aromatic rings. The first-order chi connectivity index (χ1) is 17.0.